The molecule has 4 nitrogen and oxygen atoms in total. The molecule has 1 amide bonds. The maximum atomic E-state index is 12.5. The Hall–Kier alpha value is -1.76. The first kappa shape index (κ1) is 17.1. The molecule has 0 saturated heterocycles. The Morgan fingerprint density at radius 3 is 2.50 bits per heavy atom. The van der Waals surface area contributed by atoms with Gasteiger partial charge in [0.1, 0.15) is 4.88 Å². The Morgan fingerprint density at radius 2 is 1.88 bits per heavy atom. The van der Waals surface area contributed by atoms with Crippen LogP contribution in [0.25, 0.3) is 11.3 Å². The Labute approximate surface area is 153 Å². The molecule has 0 aliphatic heterocycles. The highest BCUT2D eigenvalue weighted by Crippen LogP contribution is 2.31. The lowest BCUT2D eigenvalue weighted by Crippen LogP contribution is -2.11. The molecular formula is C17H16ClN3OS2. The third kappa shape index (κ3) is 3.50. The van der Waals surface area contributed by atoms with Crippen molar-refractivity contribution in [2.75, 3.05) is 5.32 Å². The molecule has 2 aromatic heterocycles. The number of nitrogens with zero attached hydrogens (tertiary/aromatic N) is 2. The number of rotatable bonds is 4. The Balaban J connectivity index is 1.83. The molecule has 0 atom stereocenters. The van der Waals surface area contributed by atoms with Gasteiger partial charge in [-0.3, -0.25) is 10.1 Å². The van der Waals surface area contributed by atoms with Crippen LogP contribution in [-0.4, -0.2) is 15.9 Å². The number of anilines is 1. The number of nitrogens with one attached hydrogen (secondary N) is 1. The van der Waals surface area contributed by atoms with Crippen molar-refractivity contribution < 1.29 is 4.79 Å². The van der Waals surface area contributed by atoms with Crippen LogP contribution in [0.4, 0.5) is 5.13 Å². The lowest BCUT2D eigenvalue weighted by Gasteiger charge is -2.00. The number of thiazole rings is 2. The fourth-order valence-corrected chi connectivity index (χ4v) is 4.15. The van der Waals surface area contributed by atoms with Crippen molar-refractivity contribution in [3.05, 3.63) is 49.7 Å². The van der Waals surface area contributed by atoms with Crippen molar-refractivity contribution in [2.24, 2.45) is 0 Å². The molecule has 0 unspecified atom stereocenters. The van der Waals surface area contributed by atoms with Crippen LogP contribution in [-0.2, 0) is 6.42 Å². The summed E-state index contributed by atoms with van der Waals surface area (Å²) in [6, 6.07) is 7.52. The SMILES string of the molecule is CCc1nc(C)c(C(=O)Nc2nc(-c3ccc(Cl)cc3)c(C)s2)s1. The van der Waals surface area contributed by atoms with Gasteiger partial charge in [-0.15, -0.1) is 22.7 Å². The van der Waals surface area contributed by atoms with Crippen LogP contribution in [0.3, 0.4) is 0 Å². The lowest BCUT2D eigenvalue weighted by atomic mass is 10.1. The van der Waals surface area contributed by atoms with Gasteiger partial charge in [-0.25, -0.2) is 9.97 Å². The molecule has 3 rings (SSSR count). The van der Waals surface area contributed by atoms with Gasteiger partial charge in [0.25, 0.3) is 5.91 Å². The number of aromatic nitrogens is 2. The van der Waals surface area contributed by atoms with Gasteiger partial charge in [0, 0.05) is 15.5 Å². The fraction of sp³-hybridized carbons (Fsp3) is 0.235. The van der Waals surface area contributed by atoms with E-state index in [1.165, 1.54) is 22.7 Å². The normalized spacial score (nSPS) is 10.8. The lowest BCUT2D eigenvalue weighted by molar-refractivity contribution is 0.103. The second kappa shape index (κ2) is 7.01. The summed E-state index contributed by atoms with van der Waals surface area (Å²) in [4.78, 5) is 23.1. The third-order valence-electron chi connectivity index (χ3n) is 3.48. The van der Waals surface area contributed by atoms with Gasteiger partial charge in [0.2, 0.25) is 0 Å². The smallest absolute Gasteiger partial charge is 0.269 e. The fourth-order valence-electron chi connectivity index (χ4n) is 2.29. The molecule has 3 aromatic rings. The van der Waals surface area contributed by atoms with E-state index in [1.807, 2.05) is 45.0 Å². The van der Waals surface area contributed by atoms with Crippen molar-refractivity contribution in [1.82, 2.24) is 9.97 Å². The zero-order chi connectivity index (χ0) is 17.3. The summed E-state index contributed by atoms with van der Waals surface area (Å²) in [7, 11) is 0. The summed E-state index contributed by atoms with van der Waals surface area (Å²) in [5, 5.41) is 5.14. The van der Waals surface area contributed by atoms with Crippen LogP contribution in [0.2, 0.25) is 5.02 Å². The van der Waals surface area contributed by atoms with E-state index in [0.717, 1.165) is 33.3 Å². The van der Waals surface area contributed by atoms with Gasteiger partial charge < -0.3 is 0 Å². The average Bonchev–Trinajstić information content (AvgIpc) is 3.11. The second-order valence-corrected chi connectivity index (χ2v) is 7.98. The number of benzene rings is 1. The van der Waals surface area contributed by atoms with Gasteiger partial charge in [-0.05, 0) is 32.4 Å². The zero-order valence-electron chi connectivity index (χ0n) is 13.5. The Bertz CT molecular complexity index is 884. The van der Waals surface area contributed by atoms with Crippen LogP contribution in [0, 0.1) is 13.8 Å². The molecule has 0 saturated carbocycles. The molecule has 7 heteroatoms. The average molecular weight is 378 g/mol. The minimum absolute atomic E-state index is 0.152. The highest BCUT2D eigenvalue weighted by Gasteiger charge is 2.17. The molecule has 0 fully saturated rings. The quantitative estimate of drug-likeness (QED) is 0.666. The van der Waals surface area contributed by atoms with Gasteiger partial charge >= 0.3 is 0 Å². The molecule has 124 valence electrons. The summed E-state index contributed by atoms with van der Waals surface area (Å²) in [6.45, 7) is 5.88. The predicted molar refractivity (Wildman–Crippen MR) is 101 cm³/mol. The van der Waals surface area contributed by atoms with Crippen LogP contribution < -0.4 is 5.32 Å². The van der Waals surface area contributed by atoms with Crippen LogP contribution in [0.5, 0.6) is 0 Å². The molecule has 0 spiro atoms. The van der Waals surface area contributed by atoms with Crippen LogP contribution >= 0.6 is 34.3 Å². The largest absolute Gasteiger partial charge is 0.297 e. The third-order valence-corrected chi connectivity index (χ3v) is 5.92. The predicted octanol–water partition coefficient (Wildman–Crippen LogP) is 5.35. The summed E-state index contributed by atoms with van der Waals surface area (Å²) in [5.74, 6) is -0.152. The second-order valence-electron chi connectivity index (χ2n) is 5.26. The molecule has 0 aliphatic rings. The molecule has 0 radical (unpaired) electrons. The highest BCUT2D eigenvalue weighted by atomic mass is 35.5. The zero-order valence-corrected chi connectivity index (χ0v) is 15.9. The maximum Gasteiger partial charge on any atom is 0.269 e. The number of carbonyl (C=O) groups excluding carboxylic acids is 1. The first-order valence-corrected chi connectivity index (χ1v) is 9.50. The van der Waals surface area contributed by atoms with E-state index in [4.69, 9.17) is 11.6 Å². The van der Waals surface area contributed by atoms with Crippen molar-refractivity contribution in [2.45, 2.75) is 27.2 Å². The Kier molecular flexibility index (Phi) is 4.99. The minimum Gasteiger partial charge on any atom is -0.297 e. The summed E-state index contributed by atoms with van der Waals surface area (Å²) in [6.07, 6.45) is 0.829. The van der Waals surface area contributed by atoms with E-state index in [0.29, 0.717) is 15.0 Å². The van der Waals surface area contributed by atoms with Crippen molar-refractivity contribution in [3.8, 4) is 11.3 Å². The number of halogens is 1. The van der Waals surface area contributed by atoms with E-state index in [9.17, 15) is 4.79 Å². The molecule has 1 aromatic carbocycles. The minimum atomic E-state index is -0.152. The number of amides is 1. The maximum absolute atomic E-state index is 12.5. The number of carbonyl (C=O) groups is 1. The molecular weight excluding hydrogens is 362 g/mol. The first-order valence-electron chi connectivity index (χ1n) is 7.49. The monoisotopic (exact) mass is 377 g/mol. The van der Waals surface area contributed by atoms with Crippen molar-refractivity contribution >= 4 is 45.3 Å². The van der Waals surface area contributed by atoms with Gasteiger partial charge in [-0.2, -0.15) is 0 Å². The van der Waals surface area contributed by atoms with Crippen LogP contribution in [0.1, 0.15) is 32.2 Å². The number of aryl methyl sites for hydroxylation is 3. The van der Waals surface area contributed by atoms with Crippen LogP contribution in [0.15, 0.2) is 24.3 Å². The standard InChI is InChI=1S/C17H16ClN3OS2/c1-4-13-19-9(2)15(24-13)16(22)21-17-20-14(10(3)23-17)11-5-7-12(18)8-6-11/h5-8H,4H2,1-3H3,(H,20,21,22). The molecule has 1 N–H and O–H groups in total. The van der Waals surface area contributed by atoms with Crippen molar-refractivity contribution in [1.29, 1.82) is 0 Å². The van der Waals surface area contributed by atoms with Gasteiger partial charge in [0.05, 0.1) is 16.4 Å². The van der Waals surface area contributed by atoms with E-state index >= 15 is 0 Å². The molecule has 0 bridgehead atoms. The Morgan fingerprint density at radius 1 is 1.17 bits per heavy atom. The first-order chi connectivity index (χ1) is 11.5. The van der Waals surface area contributed by atoms with E-state index in [2.05, 4.69) is 15.3 Å². The van der Waals surface area contributed by atoms with Crippen molar-refractivity contribution in [3.63, 3.8) is 0 Å². The molecule has 0 aliphatic carbocycles. The highest BCUT2D eigenvalue weighted by molar-refractivity contribution is 7.16. The number of hydrogen-bond acceptors (Lipinski definition) is 5. The van der Waals surface area contributed by atoms with E-state index in [1.54, 1.807) is 0 Å². The summed E-state index contributed by atoms with van der Waals surface area (Å²) in [5.41, 5.74) is 2.61. The van der Waals surface area contributed by atoms with E-state index in [-0.39, 0.29) is 5.91 Å². The molecule has 2 heterocycles. The molecule has 24 heavy (non-hydrogen) atoms. The topological polar surface area (TPSA) is 54.9 Å². The summed E-state index contributed by atoms with van der Waals surface area (Å²) < 4.78 is 0. The number of hydrogen-bond donors (Lipinski definition) is 1. The van der Waals surface area contributed by atoms with Gasteiger partial charge in [-0.1, -0.05) is 30.7 Å². The van der Waals surface area contributed by atoms with Gasteiger partial charge in [0.15, 0.2) is 5.13 Å². The van der Waals surface area contributed by atoms with E-state index < -0.39 is 0 Å². The summed E-state index contributed by atoms with van der Waals surface area (Å²) >= 11 is 8.83.